The number of unbranched alkanes of at least 4 members (excludes halogenated alkanes) is 2. The second-order valence-corrected chi connectivity index (χ2v) is 5.70. The number of ether oxygens (including phenoxy) is 1. The van der Waals surface area contributed by atoms with Crippen molar-refractivity contribution in [3.05, 3.63) is 29.6 Å². The van der Waals surface area contributed by atoms with Crippen molar-refractivity contribution in [2.45, 2.75) is 52.9 Å². The molecular weight excluding hydrogens is 255 g/mol. The van der Waals surface area contributed by atoms with Crippen molar-refractivity contribution in [2.24, 2.45) is 5.92 Å². The van der Waals surface area contributed by atoms with Crippen molar-refractivity contribution in [2.75, 3.05) is 6.61 Å². The first kappa shape index (κ1) is 16.7. The minimum Gasteiger partial charge on any atom is -0.490 e. The van der Waals surface area contributed by atoms with Crippen LogP contribution in [-0.4, -0.2) is 12.4 Å². The van der Waals surface area contributed by atoms with E-state index in [1.54, 1.807) is 13.0 Å². The average Bonchev–Trinajstić information content (AvgIpc) is 2.38. The van der Waals surface area contributed by atoms with Gasteiger partial charge in [0.2, 0.25) is 0 Å². The number of halogens is 1. The molecule has 1 aromatic carbocycles. The van der Waals surface area contributed by atoms with E-state index in [1.165, 1.54) is 0 Å². The number of aryl methyl sites for hydroxylation is 1. The average molecular weight is 280 g/mol. The molecule has 0 fully saturated rings. The highest BCUT2D eigenvalue weighted by molar-refractivity contribution is 5.75. The Morgan fingerprint density at radius 1 is 1.25 bits per heavy atom. The van der Waals surface area contributed by atoms with Gasteiger partial charge in [0.15, 0.2) is 11.6 Å². The van der Waals surface area contributed by atoms with E-state index in [-0.39, 0.29) is 11.6 Å². The normalized spacial score (nSPS) is 10.8. The van der Waals surface area contributed by atoms with Crippen LogP contribution in [0.15, 0.2) is 18.2 Å². The molecule has 0 aliphatic carbocycles. The number of carbonyl (C=O) groups excluding carboxylic acids is 1. The first-order valence-corrected chi connectivity index (χ1v) is 7.40. The molecule has 0 spiro atoms. The zero-order chi connectivity index (χ0) is 15.0. The third-order valence-electron chi connectivity index (χ3n) is 3.09. The van der Waals surface area contributed by atoms with Gasteiger partial charge in [-0.05, 0) is 43.7 Å². The van der Waals surface area contributed by atoms with Crippen molar-refractivity contribution >= 4 is 5.78 Å². The van der Waals surface area contributed by atoms with Crippen LogP contribution in [0.5, 0.6) is 5.75 Å². The minimum absolute atomic E-state index is 0.222. The van der Waals surface area contributed by atoms with Crippen LogP contribution in [0.1, 0.15) is 52.0 Å². The zero-order valence-corrected chi connectivity index (χ0v) is 12.7. The molecular formula is C17H25FO2. The van der Waals surface area contributed by atoms with E-state index >= 15 is 0 Å². The molecule has 0 aliphatic rings. The number of Topliss-reactive ketones (excluding diaryl/α,β-unsaturated/α-hetero) is 1. The number of benzene rings is 1. The number of hydrogen-bond acceptors (Lipinski definition) is 2. The van der Waals surface area contributed by atoms with Crippen molar-refractivity contribution in [3.8, 4) is 5.75 Å². The first-order chi connectivity index (χ1) is 9.50. The maximum Gasteiger partial charge on any atom is 0.168 e. The van der Waals surface area contributed by atoms with Gasteiger partial charge in [-0.1, -0.05) is 32.4 Å². The lowest BCUT2D eigenvalue weighted by Crippen LogP contribution is -2.06. The van der Waals surface area contributed by atoms with E-state index in [2.05, 4.69) is 0 Å². The lowest BCUT2D eigenvalue weighted by molar-refractivity contribution is -0.117. The molecule has 112 valence electrons. The number of ketones is 1. The molecule has 0 amide bonds. The third-order valence-corrected chi connectivity index (χ3v) is 3.09. The Hall–Kier alpha value is -1.38. The van der Waals surface area contributed by atoms with Gasteiger partial charge in [-0.2, -0.15) is 0 Å². The molecule has 2 nitrogen and oxygen atoms in total. The Morgan fingerprint density at radius 2 is 2.00 bits per heavy atom. The van der Waals surface area contributed by atoms with E-state index < -0.39 is 0 Å². The molecule has 0 atom stereocenters. The maximum absolute atomic E-state index is 14.2. The molecule has 0 N–H and O–H groups in total. The SMILES string of the molecule is CC(=O)CCCCCc1cccc(OCC(C)C)c1F. The van der Waals surface area contributed by atoms with E-state index in [9.17, 15) is 9.18 Å². The Balaban J connectivity index is 2.45. The van der Waals surface area contributed by atoms with Crippen molar-refractivity contribution < 1.29 is 13.9 Å². The summed E-state index contributed by atoms with van der Waals surface area (Å²) in [4.78, 5) is 10.8. The van der Waals surface area contributed by atoms with E-state index in [0.29, 0.717) is 36.7 Å². The summed E-state index contributed by atoms with van der Waals surface area (Å²) < 4.78 is 19.7. The molecule has 1 rings (SSSR count). The molecule has 0 bridgehead atoms. The standard InChI is InChI=1S/C17H25FO2/c1-13(2)12-20-16-11-7-10-15(17(16)18)9-6-4-5-8-14(3)19/h7,10-11,13H,4-6,8-9,12H2,1-3H3. The van der Waals surface area contributed by atoms with Gasteiger partial charge in [0.25, 0.3) is 0 Å². The van der Waals surface area contributed by atoms with Crippen LogP contribution in [0.3, 0.4) is 0 Å². The van der Waals surface area contributed by atoms with Crippen molar-refractivity contribution in [1.29, 1.82) is 0 Å². The van der Waals surface area contributed by atoms with Crippen LogP contribution >= 0.6 is 0 Å². The highest BCUT2D eigenvalue weighted by atomic mass is 19.1. The fourth-order valence-electron chi connectivity index (χ4n) is 1.98. The quantitative estimate of drug-likeness (QED) is 0.620. The molecule has 0 radical (unpaired) electrons. The van der Waals surface area contributed by atoms with Crippen LogP contribution in [0.2, 0.25) is 0 Å². The summed E-state index contributed by atoms with van der Waals surface area (Å²) >= 11 is 0. The Labute approximate surface area is 121 Å². The summed E-state index contributed by atoms with van der Waals surface area (Å²) in [7, 11) is 0. The highest BCUT2D eigenvalue weighted by Crippen LogP contribution is 2.22. The van der Waals surface area contributed by atoms with Gasteiger partial charge in [0.05, 0.1) is 6.61 Å². The Bertz CT molecular complexity index is 427. The molecule has 0 aliphatic heterocycles. The third kappa shape index (κ3) is 6.18. The summed E-state index contributed by atoms with van der Waals surface area (Å²) in [6, 6.07) is 5.32. The second kappa shape index (κ2) is 8.72. The van der Waals surface area contributed by atoms with Crippen molar-refractivity contribution in [1.82, 2.24) is 0 Å². The van der Waals surface area contributed by atoms with Gasteiger partial charge in [-0.15, -0.1) is 0 Å². The predicted octanol–water partition coefficient (Wildman–Crippen LogP) is 4.55. The van der Waals surface area contributed by atoms with Gasteiger partial charge >= 0.3 is 0 Å². The molecule has 0 saturated heterocycles. The fraction of sp³-hybridized carbons (Fsp3) is 0.588. The molecule has 3 heteroatoms. The van der Waals surface area contributed by atoms with Crippen LogP contribution < -0.4 is 4.74 Å². The number of hydrogen-bond donors (Lipinski definition) is 0. The molecule has 20 heavy (non-hydrogen) atoms. The van der Waals surface area contributed by atoms with Crippen LogP contribution in [0.4, 0.5) is 4.39 Å². The lowest BCUT2D eigenvalue weighted by Gasteiger charge is -2.11. The fourth-order valence-corrected chi connectivity index (χ4v) is 1.98. The minimum atomic E-state index is -0.236. The van der Waals surface area contributed by atoms with E-state index in [1.807, 2.05) is 26.0 Å². The summed E-state index contributed by atoms with van der Waals surface area (Å²) in [5, 5.41) is 0. The molecule has 1 aromatic rings. The topological polar surface area (TPSA) is 26.3 Å². The first-order valence-electron chi connectivity index (χ1n) is 7.40. The lowest BCUT2D eigenvalue weighted by atomic mass is 10.0. The summed E-state index contributed by atoms with van der Waals surface area (Å²) in [5.74, 6) is 0.713. The smallest absolute Gasteiger partial charge is 0.168 e. The molecule has 0 unspecified atom stereocenters. The Morgan fingerprint density at radius 3 is 2.65 bits per heavy atom. The van der Waals surface area contributed by atoms with Crippen molar-refractivity contribution in [3.63, 3.8) is 0 Å². The van der Waals surface area contributed by atoms with Crippen LogP contribution in [0.25, 0.3) is 0 Å². The largest absolute Gasteiger partial charge is 0.490 e. The predicted molar refractivity (Wildman–Crippen MR) is 79.6 cm³/mol. The van der Waals surface area contributed by atoms with Crippen LogP contribution in [0, 0.1) is 11.7 Å². The van der Waals surface area contributed by atoms with E-state index in [0.717, 1.165) is 19.3 Å². The van der Waals surface area contributed by atoms with Gasteiger partial charge in [-0.25, -0.2) is 4.39 Å². The maximum atomic E-state index is 14.2. The molecule has 0 heterocycles. The summed E-state index contributed by atoms with van der Waals surface area (Å²) in [6.45, 7) is 6.21. The van der Waals surface area contributed by atoms with E-state index in [4.69, 9.17) is 4.74 Å². The van der Waals surface area contributed by atoms with Gasteiger partial charge < -0.3 is 9.53 Å². The van der Waals surface area contributed by atoms with Gasteiger partial charge in [-0.3, -0.25) is 0 Å². The Kier molecular flexibility index (Phi) is 7.27. The second-order valence-electron chi connectivity index (χ2n) is 5.70. The number of rotatable bonds is 9. The zero-order valence-electron chi connectivity index (χ0n) is 12.7. The number of carbonyl (C=O) groups is 1. The van der Waals surface area contributed by atoms with Gasteiger partial charge in [0, 0.05) is 6.42 Å². The monoisotopic (exact) mass is 280 g/mol. The highest BCUT2D eigenvalue weighted by Gasteiger charge is 2.09. The molecule has 0 saturated carbocycles. The van der Waals surface area contributed by atoms with Gasteiger partial charge in [0.1, 0.15) is 5.78 Å². The summed E-state index contributed by atoms with van der Waals surface area (Å²) in [5.41, 5.74) is 0.703. The summed E-state index contributed by atoms with van der Waals surface area (Å²) in [6.07, 6.45) is 4.07. The van der Waals surface area contributed by atoms with Crippen LogP contribution in [-0.2, 0) is 11.2 Å². The molecule has 0 aromatic heterocycles.